The molecule has 5 heteroatoms. The highest BCUT2D eigenvalue weighted by Crippen LogP contribution is 2.50. The lowest BCUT2D eigenvalue weighted by Gasteiger charge is -2.35. The maximum Gasteiger partial charge on any atom is 0.231 e. The van der Waals surface area contributed by atoms with Crippen LogP contribution in [0.25, 0.3) is 0 Å². The van der Waals surface area contributed by atoms with Crippen molar-refractivity contribution in [2.45, 2.75) is 77.2 Å². The van der Waals surface area contributed by atoms with Crippen molar-refractivity contribution in [3.05, 3.63) is 51.6 Å². The van der Waals surface area contributed by atoms with Crippen molar-refractivity contribution >= 4 is 5.78 Å². The largest absolute Gasteiger partial charge is 0.492 e. The topological polar surface area (TPSA) is 48.0 Å². The minimum Gasteiger partial charge on any atom is -0.492 e. The van der Waals surface area contributed by atoms with Gasteiger partial charge in [0.1, 0.15) is 0 Å². The van der Waals surface area contributed by atoms with Gasteiger partial charge in [-0.3, -0.25) is 9.69 Å². The number of carbonyl (C=O) groups excluding carboxylic acids is 1. The molecule has 3 aliphatic rings. The van der Waals surface area contributed by atoms with E-state index in [4.69, 9.17) is 14.2 Å². The lowest BCUT2D eigenvalue weighted by Crippen LogP contribution is -2.34. The zero-order valence-corrected chi connectivity index (χ0v) is 21.6. The third kappa shape index (κ3) is 3.69. The standard InChI is InChI=1S/C29H37NO4/c1-28(2,3)18-13-20(19-8-10-29(4,5)21(19)14-18)23(31)15-22-25-17(9-11-30(22)6)12-24-26(27(25)32-7)34-16-33-24/h12-14,22H,8-11,15-16H2,1-7H3/t22-/m0/s1. The number of nitrogens with zero attached hydrogens (tertiary/aromatic N) is 1. The maximum atomic E-state index is 14.0. The molecule has 2 aromatic carbocycles. The lowest BCUT2D eigenvalue weighted by molar-refractivity contribution is 0.0924. The average molecular weight is 464 g/mol. The summed E-state index contributed by atoms with van der Waals surface area (Å²) >= 11 is 0. The molecule has 0 fully saturated rings. The van der Waals surface area contributed by atoms with Crippen LogP contribution in [0.1, 0.15) is 91.7 Å². The normalized spacial score (nSPS) is 20.7. The quantitative estimate of drug-likeness (QED) is 0.541. The summed E-state index contributed by atoms with van der Waals surface area (Å²) in [5.74, 6) is 2.32. The van der Waals surface area contributed by atoms with Gasteiger partial charge in [-0.1, -0.05) is 40.7 Å². The molecule has 0 aromatic heterocycles. The Morgan fingerprint density at radius 2 is 1.94 bits per heavy atom. The van der Waals surface area contributed by atoms with Gasteiger partial charge in [-0.15, -0.1) is 0 Å². The van der Waals surface area contributed by atoms with E-state index in [1.165, 1.54) is 22.3 Å². The zero-order valence-electron chi connectivity index (χ0n) is 21.6. The molecular formula is C29H37NO4. The van der Waals surface area contributed by atoms with Crippen LogP contribution in [0.4, 0.5) is 0 Å². The number of carbonyl (C=O) groups is 1. The highest BCUT2D eigenvalue weighted by molar-refractivity contribution is 5.99. The van der Waals surface area contributed by atoms with Crippen LogP contribution < -0.4 is 14.2 Å². The van der Waals surface area contributed by atoms with Crippen LogP contribution in [0.2, 0.25) is 0 Å². The van der Waals surface area contributed by atoms with Crippen molar-refractivity contribution in [1.82, 2.24) is 4.90 Å². The molecule has 0 bridgehead atoms. The molecule has 0 radical (unpaired) electrons. The summed E-state index contributed by atoms with van der Waals surface area (Å²) in [6.07, 6.45) is 3.36. The maximum absolute atomic E-state index is 14.0. The second-order valence-electron chi connectivity index (χ2n) is 11.8. The Balaban J connectivity index is 1.58. The lowest BCUT2D eigenvalue weighted by atomic mass is 9.78. The third-order valence-electron chi connectivity index (χ3n) is 8.07. The van der Waals surface area contributed by atoms with E-state index in [0.29, 0.717) is 17.9 Å². The molecule has 0 saturated heterocycles. The summed E-state index contributed by atoms with van der Waals surface area (Å²) in [7, 11) is 3.77. The van der Waals surface area contributed by atoms with E-state index >= 15 is 0 Å². The van der Waals surface area contributed by atoms with Gasteiger partial charge in [0, 0.05) is 30.1 Å². The first-order valence-electron chi connectivity index (χ1n) is 12.4. The fourth-order valence-electron chi connectivity index (χ4n) is 5.87. The second kappa shape index (κ2) is 8.01. The van der Waals surface area contributed by atoms with Gasteiger partial charge in [0.2, 0.25) is 12.5 Å². The molecule has 182 valence electrons. The molecule has 5 nitrogen and oxygen atoms in total. The molecule has 1 atom stereocenters. The molecule has 5 rings (SSSR count). The summed E-state index contributed by atoms with van der Waals surface area (Å²) in [6.45, 7) is 12.4. The van der Waals surface area contributed by atoms with Gasteiger partial charge in [-0.25, -0.2) is 0 Å². The van der Waals surface area contributed by atoms with Crippen LogP contribution in [0.5, 0.6) is 17.2 Å². The third-order valence-corrected chi connectivity index (χ3v) is 8.07. The number of ether oxygens (including phenoxy) is 3. The van der Waals surface area contributed by atoms with Gasteiger partial charge < -0.3 is 14.2 Å². The number of likely N-dealkylation sites (N-methyl/N-ethyl adjacent to an activating group) is 1. The monoisotopic (exact) mass is 463 g/mol. The Bertz CT molecular complexity index is 1160. The number of benzene rings is 2. The SMILES string of the molecule is COc1c2c(cc3c1[C@H](CC(=O)c1cc(C(C)(C)C)cc4c1CCC4(C)C)N(C)CC3)OCO2. The number of fused-ring (bicyclic) bond motifs is 3. The highest BCUT2D eigenvalue weighted by Gasteiger charge is 2.38. The number of rotatable bonds is 4. The van der Waals surface area contributed by atoms with Crippen LogP contribution in [0.15, 0.2) is 18.2 Å². The fourth-order valence-corrected chi connectivity index (χ4v) is 5.87. The number of hydrogen-bond acceptors (Lipinski definition) is 5. The van der Waals surface area contributed by atoms with E-state index in [9.17, 15) is 4.79 Å². The summed E-state index contributed by atoms with van der Waals surface area (Å²) in [6, 6.07) is 6.53. The number of hydrogen-bond donors (Lipinski definition) is 0. The van der Waals surface area contributed by atoms with Gasteiger partial charge in [-0.2, -0.15) is 0 Å². The Labute approximate surface area is 203 Å². The van der Waals surface area contributed by atoms with Crippen LogP contribution in [-0.2, 0) is 23.7 Å². The number of methoxy groups -OCH3 is 1. The fraction of sp³-hybridized carbons (Fsp3) is 0.552. The van der Waals surface area contributed by atoms with Gasteiger partial charge in [-0.05, 0) is 71.5 Å². The average Bonchev–Trinajstić information content (AvgIpc) is 3.36. The summed E-state index contributed by atoms with van der Waals surface area (Å²) in [5, 5.41) is 0. The first-order chi connectivity index (χ1) is 16.0. The van der Waals surface area contributed by atoms with Crippen LogP contribution in [0.3, 0.4) is 0 Å². The summed E-state index contributed by atoms with van der Waals surface area (Å²) in [5.41, 5.74) is 7.08. The van der Waals surface area contributed by atoms with Crippen molar-refractivity contribution in [2.24, 2.45) is 0 Å². The first kappa shape index (κ1) is 23.2. The Morgan fingerprint density at radius 1 is 1.18 bits per heavy atom. The van der Waals surface area contributed by atoms with Crippen molar-refractivity contribution in [3.63, 3.8) is 0 Å². The molecule has 0 unspecified atom stereocenters. The molecule has 2 aliphatic heterocycles. The molecule has 2 heterocycles. The molecule has 0 amide bonds. The van der Waals surface area contributed by atoms with Gasteiger partial charge in [0.15, 0.2) is 17.3 Å². The van der Waals surface area contributed by atoms with Crippen molar-refractivity contribution in [3.8, 4) is 17.2 Å². The minimum absolute atomic E-state index is 0.0158. The van der Waals surface area contributed by atoms with Crippen LogP contribution in [0, 0.1) is 0 Å². The van der Waals surface area contributed by atoms with Gasteiger partial charge >= 0.3 is 0 Å². The van der Waals surface area contributed by atoms with Crippen molar-refractivity contribution in [1.29, 1.82) is 0 Å². The predicted molar refractivity (Wildman–Crippen MR) is 134 cm³/mol. The molecule has 0 spiro atoms. The van der Waals surface area contributed by atoms with Crippen LogP contribution in [-0.4, -0.2) is 38.2 Å². The molecule has 0 saturated carbocycles. The number of Topliss-reactive ketones (excluding diaryl/α,β-unsaturated/α-hetero) is 1. The molecule has 2 aromatic rings. The van der Waals surface area contributed by atoms with Crippen molar-refractivity contribution in [2.75, 3.05) is 27.5 Å². The molecule has 34 heavy (non-hydrogen) atoms. The smallest absolute Gasteiger partial charge is 0.231 e. The molecule has 0 N–H and O–H groups in total. The van der Waals surface area contributed by atoms with E-state index in [2.05, 4.69) is 64.8 Å². The number of ketones is 1. The predicted octanol–water partition coefficient (Wildman–Crippen LogP) is 5.75. The highest BCUT2D eigenvalue weighted by atomic mass is 16.7. The van der Waals surface area contributed by atoms with Gasteiger partial charge in [0.25, 0.3) is 0 Å². The molecular weight excluding hydrogens is 426 g/mol. The summed E-state index contributed by atoms with van der Waals surface area (Å²) in [4.78, 5) is 16.3. The Morgan fingerprint density at radius 3 is 2.65 bits per heavy atom. The first-order valence-corrected chi connectivity index (χ1v) is 12.4. The Hall–Kier alpha value is -2.53. The minimum atomic E-state index is -0.0657. The van der Waals surface area contributed by atoms with E-state index in [-0.39, 0.29) is 29.4 Å². The van der Waals surface area contributed by atoms with E-state index in [1.54, 1.807) is 7.11 Å². The van der Waals surface area contributed by atoms with E-state index in [0.717, 1.165) is 42.7 Å². The molecule has 1 aliphatic carbocycles. The zero-order chi connectivity index (χ0) is 24.4. The van der Waals surface area contributed by atoms with Gasteiger partial charge in [0.05, 0.1) is 7.11 Å². The van der Waals surface area contributed by atoms with Crippen LogP contribution >= 0.6 is 0 Å². The van der Waals surface area contributed by atoms with E-state index < -0.39 is 0 Å². The summed E-state index contributed by atoms with van der Waals surface area (Å²) < 4.78 is 17.2. The van der Waals surface area contributed by atoms with Crippen molar-refractivity contribution < 1.29 is 19.0 Å². The second-order valence-corrected chi connectivity index (χ2v) is 11.8. The Kier molecular flexibility index (Phi) is 5.47. The van der Waals surface area contributed by atoms with E-state index in [1.807, 2.05) is 0 Å².